The van der Waals surface area contributed by atoms with Crippen molar-refractivity contribution in [1.29, 1.82) is 0 Å². The highest BCUT2D eigenvalue weighted by atomic mass is 32.1. The minimum absolute atomic E-state index is 0.487. The van der Waals surface area contributed by atoms with Crippen LogP contribution in [0.25, 0.3) is 0 Å². The molecule has 3 nitrogen and oxygen atoms in total. The lowest BCUT2D eigenvalue weighted by molar-refractivity contribution is -0.113. The van der Waals surface area contributed by atoms with Crippen molar-refractivity contribution in [3.8, 4) is 0 Å². The summed E-state index contributed by atoms with van der Waals surface area (Å²) in [6.07, 6.45) is 5.47. The third kappa shape index (κ3) is 7.10. The maximum atomic E-state index is 10.0. The minimum atomic E-state index is -0.487. The predicted molar refractivity (Wildman–Crippen MR) is 37.5 cm³/mol. The Morgan fingerprint density at radius 2 is 2.22 bits per heavy atom. The summed E-state index contributed by atoms with van der Waals surface area (Å²) in [5.41, 5.74) is 4.76. The third-order valence-electron chi connectivity index (χ3n) is 0.511. The first kappa shape index (κ1) is 8.10. The Morgan fingerprint density at radius 3 is 2.67 bits per heavy atom. The van der Waals surface area contributed by atoms with E-state index in [1.807, 2.05) is 0 Å². The van der Waals surface area contributed by atoms with Crippen molar-refractivity contribution in [2.24, 2.45) is 5.73 Å². The molecule has 0 heterocycles. The maximum absolute atomic E-state index is 10.0. The van der Waals surface area contributed by atoms with Gasteiger partial charge in [-0.3, -0.25) is 4.79 Å². The number of nitrogens with two attached hydrogens (primary N) is 1. The molecule has 0 spiro atoms. The van der Waals surface area contributed by atoms with Gasteiger partial charge in [-0.15, -0.1) is 0 Å². The fraction of sp³-hybridized carbons (Fsp3) is 0. The molecule has 0 atom stereocenters. The highest BCUT2D eigenvalue weighted by Gasteiger charge is 1.76. The molecule has 0 aromatic heterocycles. The first-order valence-corrected chi connectivity index (χ1v) is 2.56. The summed E-state index contributed by atoms with van der Waals surface area (Å²) >= 11 is 3.41. The quantitative estimate of drug-likeness (QED) is 0.198. The molecule has 0 unspecified atom stereocenters. The van der Waals surface area contributed by atoms with E-state index in [1.165, 1.54) is 24.5 Å². The number of carbonyl (C=O) groups excluding carboxylic acids is 1. The third-order valence-corrected chi connectivity index (χ3v) is 0.633. The van der Waals surface area contributed by atoms with Crippen molar-refractivity contribution >= 4 is 18.8 Å². The molecule has 0 aliphatic rings. The van der Waals surface area contributed by atoms with Crippen molar-refractivity contribution in [3.63, 3.8) is 0 Å². The van der Waals surface area contributed by atoms with Crippen LogP contribution in [0.4, 0.5) is 0 Å². The standard InChI is InChI=1S/C5H7NO2S/c6-5(7)3-1-2-4-8-9/h1-4,9H,(H2,6,7). The highest BCUT2D eigenvalue weighted by Crippen LogP contribution is 1.81. The van der Waals surface area contributed by atoms with E-state index in [0.29, 0.717) is 0 Å². The number of hydrogen-bond acceptors (Lipinski definition) is 3. The average Bonchev–Trinajstić information content (AvgIpc) is 1.80. The predicted octanol–water partition coefficient (Wildman–Crippen LogP) is 0.403. The summed E-state index contributed by atoms with van der Waals surface area (Å²) in [7, 11) is 0. The Morgan fingerprint density at radius 1 is 1.56 bits per heavy atom. The molecule has 50 valence electrons. The zero-order valence-electron chi connectivity index (χ0n) is 4.65. The molecule has 0 rings (SSSR count). The summed E-state index contributed by atoms with van der Waals surface area (Å²) in [6.45, 7) is 0. The number of carbonyl (C=O) groups is 1. The van der Waals surface area contributed by atoms with Gasteiger partial charge in [0, 0.05) is 19.0 Å². The monoisotopic (exact) mass is 145 g/mol. The molecular formula is C5H7NO2S. The van der Waals surface area contributed by atoms with Crippen LogP contribution in [0.15, 0.2) is 24.5 Å². The molecule has 0 aromatic carbocycles. The van der Waals surface area contributed by atoms with Crippen LogP contribution in [0.1, 0.15) is 0 Å². The van der Waals surface area contributed by atoms with Crippen LogP contribution in [0.5, 0.6) is 0 Å². The normalized spacial score (nSPS) is 10.8. The fourth-order valence-electron chi connectivity index (χ4n) is 0.231. The molecule has 0 aliphatic heterocycles. The van der Waals surface area contributed by atoms with Crippen LogP contribution >= 0.6 is 12.9 Å². The van der Waals surface area contributed by atoms with Crippen LogP contribution < -0.4 is 5.73 Å². The Bertz CT molecular complexity index is 142. The summed E-state index contributed by atoms with van der Waals surface area (Å²) in [4.78, 5) is 10.0. The molecule has 9 heavy (non-hydrogen) atoms. The molecule has 0 aliphatic carbocycles. The van der Waals surface area contributed by atoms with E-state index >= 15 is 0 Å². The number of allylic oxidation sites excluding steroid dienone is 2. The first-order chi connectivity index (χ1) is 4.27. The topological polar surface area (TPSA) is 52.3 Å². The molecule has 0 radical (unpaired) electrons. The smallest absolute Gasteiger partial charge is 0.241 e. The van der Waals surface area contributed by atoms with E-state index in [2.05, 4.69) is 17.1 Å². The largest absolute Gasteiger partial charge is 0.437 e. The van der Waals surface area contributed by atoms with Crippen LogP contribution in [-0.2, 0) is 8.98 Å². The lowest BCUT2D eigenvalue weighted by Crippen LogP contribution is -2.04. The molecule has 0 saturated heterocycles. The first-order valence-electron chi connectivity index (χ1n) is 2.20. The van der Waals surface area contributed by atoms with E-state index in [0.717, 1.165) is 0 Å². The molecular weight excluding hydrogens is 138 g/mol. The maximum Gasteiger partial charge on any atom is 0.241 e. The second kappa shape index (κ2) is 5.24. The van der Waals surface area contributed by atoms with Crippen LogP contribution in [0.2, 0.25) is 0 Å². The van der Waals surface area contributed by atoms with Crippen LogP contribution in [0, 0.1) is 0 Å². The van der Waals surface area contributed by atoms with E-state index in [1.54, 1.807) is 0 Å². The van der Waals surface area contributed by atoms with Gasteiger partial charge in [-0.2, -0.15) is 0 Å². The van der Waals surface area contributed by atoms with Crippen molar-refractivity contribution < 1.29 is 8.98 Å². The van der Waals surface area contributed by atoms with E-state index in [4.69, 9.17) is 5.73 Å². The zero-order valence-corrected chi connectivity index (χ0v) is 5.54. The lowest BCUT2D eigenvalue weighted by atomic mass is 10.5. The average molecular weight is 145 g/mol. The molecule has 2 N–H and O–H groups in total. The Hall–Kier alpha value is -0.900. The Labute approximate surface area is 58.8 Å². The van der Waals surface area contributed by atoms with Gasteiger partial charge in [0.2, 0.25) is 5.91 Å². The van der Waals surface area contributed by atoms with Crippen molar-refractivity contribution in [2.45, 2.75) is 0 Å². The fourth-order valence-corrected chi connectivity index (χ4v) is 0.301. The van der Waals surface area contributed by atoms with Gasteiger partial charge in [0.05, 0.1) is 0 Å². The van der Waals surface area contributed by atoms with Gasteiger partial charge in [-0.05, 0) is 6.08 Å². The molecule has 0 aromatic rings. The van der Waals surface area contributed by atoms with Crippen LogP contribution in [0.3, 0.4) is 0 Å². The Kier molecular flexibility index (Phi) is 4.72. The lowest BCUT2D eigenvalue weighted by Gasteiger charge is -1.78. The SMILES string of the molecule is NC(=O)C=CC=COS. The van der Waals surface area contributed by atoms with E-state index in [9.17, 15) is 4.79 Å². The number of hydrogen-bond donors (Lipinski definition) is 2. The van der Waals surface area contributed by atoms with Crippen molar-refractivity contribution in [3.05, 3.63) is 24.5 Å². The van der Waals surface area contributed by atoms with Gasteiger partial charge in [-0.1, -0.05) is 6.08 Å². The second-order valence-corrected chi connectivity index (χ2v) is 1.41. The summed E-state index contributed by atoms with van der Waals surface area (Å²) < 4.78 is 4.23. The minimum Gasteiger partial charge on any atom is -0.437 e. The van der Waals surface area contributed by atoms with Crippen LogP contribution in [-0.4, -0.2) is 5.91 Å². The molecule has 0 fully saturated rings. The van der Waals surface area contributed by atoms with Crippen molar-refractivity contribution in [1.82, 2.24) is 0 Å². The van der Waals surface area contributed by atoms with Gasteiger partial charge in [0.15, 0.2) is 0 Å². The second-order valence-electron chi connectivity index (χ2n) is 1.20. The molecule has 0 bridgehead atoms. The number of thiol groups is 1. The van der Waals surface area contributed by atoms with Gasteiger partial charge < -0.3 is 9.92 Å². The number of rotatable bonds is 3. The van der Waals surface area contributed by atoms with Gasteiger partial charge >= 0.3 is 0 Å². The zero-order chi connectivity index (χ0) is 7.11. The van der Waals surface area contributed by atoms with Gasteiger partial charge in [0.1, 0.15) is 6.26 Å². The molecule has 0 saturated carbocycles. The summed E-state index contributed by atoms with van der Waals surface area (Å²) in [5.74, 6) is -0.487. The summed E-state index contributed by atoms with van der Waals surface area (Å²) in [6, 6.07) is 0. The van der Waals surface area contributed by atoms with E-state index < -0.39 is 5.91 Å². The van der Waals surface area contributed by atoms with Gasteiger partial charge in [0.25, 0.3) is 0 Å². The van der Waals surface area contributed by atoms with E-state index in [-0.39, 0.29) is 0 Å². The van der Waals surface area contributed by atoms with Crippen molar-refractivity contribution in [2.75, 3.05) is 0 Å². The van der Waals surface area contributed by atoms with Gasteiger partial charge in [-0.25, -0.2) is 0 Å². The number of amides is 1. The Balaban J connectivity index is 3.47. The number of primary amides is 1. The molecule has 4 heteroatoms. The summed E-state index contributed by atoms with van der Waals surface area (Å²) in [5, 5.41) is 0. The molecule has 1 amide bonds. The highest BCUT2D eigenvalue weighted by molar-refractivity contribution is 7.75.